The number of carbonyl (C=O) groups excluding carboxylic acids is 1. The second kappa shape index (κ2) is 4.61. The van der Waals surface area contributed by atoms with Gasteiger partial charge in [-0.1, -0.05) is 25.7 Å². The monoisotopic (exact) mass is 184 g/mol. The Labute approximate surface area is 80.1 Å². The molecule has 1 fully saturated rings. The van der Waals surface area contributed by atoms with E-state index < -0.39 is 0 Å². The van der Waals surface area contributed by atoms with Gasteiger partial charge in [-0.25, -0.2) is 0 Å². The average Bonchev–Trinajstić information content (AvgIpc) is 2.42. The molecule has 3 heteroatoms. The van der Waals surface area contributed by atoms with Crippen LogP contribution in [-0.4, -0.2) is 19.5 Å². The molecule has 1 aliphatic rings. The Morgan fingerprint density at radius 3 is 2.23 bits per heavy atom. The zero-order valence-corrected chi connectivity index (χ0v) is 8.44. The molecule has 3 nitrogen and oxygen atoms in total. The van der Waals surface area contributed by atoms with Crippen LogP contribution in [0.4, 0.5) is 0 Å². The summed E-state index contributed by atoms with van der Waals surface area (Å²) < 4.78 is 0. The molecule has 0 aromatic rings. The smallest absolute Gasteiger partial charge is 0.227 e. The van der Waals surface area contributed by atoms with Gasteiger partial charge in [0.15, 0.2) is 0 Å². The maximum atomic E-state index is 11.7. The van der Waals surface area contributed by atoms with Crippen molar-refractivity contribution in [1.82, 2.24) is 5.32 Å². The van der Waals surface area contributed by atoms with E-state index in [-0.39, 0.29) is 11.3 Å². The molecule has 0 heterocycles. The Kier molecular flexibility index (Phi) is 3.72. The summed E-state index contributed by atoms with van der Waals surface area (Å²) in [6.07, 6.45) is 6.71. The first-order chi connectivity index (χ1) is 6.25. The summed E-state index contributed by atoms with van der Waals surface area (Å²) in [7, 11) is 1.70. The molecule has 76 valence electrons. The van der Waals surface area contributed by atoms with Crippen molar-refractivity contribution < 1.29 is 4.79 Å². The van der Waals surface area contributed by atoms with Crippen molar-refractivity contribution in [3.63, 3.8) is 0 Å². The van der Waals surface area contributed by atoms with Crippen molar-refractivity contribution in [2.24, 2.45) is 11.1 Å². The Bertz CT molecular complexity index is 172. The van der Waals surface area contributed by atoms with Crippen LogP contribution in [0, 0.1) is 5.41 Å². The minimum absolute atomic E-state index is 0.136. The molecule has 1 saturated carbocycles. The summed E-state index contributed by atoms with van der Waals surface area (Å²) in [5.74, 6) is 0.136. The lowest BCUT2D eigenvalue weighted by Crippen LogP contribution is -2.44. The summed E-state index contributed by atoms with van der Waals surface area (Å²) in [5.41, 5.74) is 5.46. The fraction of sp³-hybridized carbons (Fsp3) is 0.900. The van der Waals surface area contributed by atoms with Crippen molar-refractivity contribution in [3.8, 4) is 0 Å². The zero-order chi connectivity index (χ0) is 9.73. The predicted octanol–water partition coefficient (Wildman–Crippen LogP) is 1.03. The molecule has 0 spiro atoms. The van der Waals surface area contributed by atoms with E-state index in [1.807, 2.05) is 0 Å². The molecule has 3 N–H and O–H groups in total. The van der Waals surface area contributed by atoms with Gasteiger partial charge in [0, 0.05) is 13.6 Å². The number of hydrogen-bond donors (Lipinski definition) is 2. The normalized spacial score (nSPS) is 22.0. The topological polar surface area (TPSA) is 55.1 Å². The van der Waals surface area contributed by atoms with E-state index in [1.54, 1.807) is 7.05 Å². The van der Waals surface area contributed by atoms with Gasteiger partial charge in [0.25, 0.3) is 0 Å². The number of carbonyl (C=O) groups is 1. The number of nitrogens with two attached hydrogens (primary N) is 1. The van der Waals surface area contributed by atoms with Crippen LogP contribution in [-0.2, 0) is 4.79 Å². The highest BCUT2D eigenvalue weighted by Crippen LogP contribution is 2.34. The van der Waals surface area contributed by atoms with E-state index in [1.165, 1.54) is 12.8 Å². The molecule has 0 aliphatic heterocycles. The van der Waals surface area contributed by atoms with Crippen LogP contribution in [0.3, 0.4) is 0 Å². The first-order valence-electron chi connectivity index (χ1n) is 5.17. The summed E-state index contributed by atoms with van der Waals surface area (Å²) in [4.78, 5) is 11.7. The van der Waals surface area contributed by atoms with Crippen LogP contribution in [0.2, 0.25) is 0 Å². The summed E-state index contributed by atoms with van der Waals surface area (Å²) in [6.45, 7) is 0.493. The third kappa shape index (κ3) is 2.21. The minimum atomic E-state index is -0.259. The van der Waals surface area contributed by atoms with E-state index in [0.717, 1.165) is 25.7 Å². The maximum Gasteiger partial charge on any atom is 0.227 e. The molecule has 0 bridgehead atoms. The lowest BCUT2D eigenvalue weighted by molar-refractivity contribution is -0.130. The summed E-state index contributed by atoms with van der Waals surface area (Å²) in [5, 5.41) is 2.74. The first-order valence-corrected chi connectivity index (χ1v) is 5.17. The Hall–Kier alpha value is -0.570. The highest BCUT2D eigenvalue weighted by molar-refractivity contribution is 5.82. The van der Waals surface area contributed by atoms with Crippen LogP contribution in [0.15, 0.2) is 0 Å². The van der Waals surface area contributed by atoms with Gasteiger partial charge in [0.05, 0.1) is 5.41 Å². The molecule has 13 heavy (non-hydrogen) atoms. The fourth-order valence-corrected chi connectivity index (χ4v) is 2.19. The molecule has 1 amide bonds. The van der Waals surface area contributed by atoms with Gasteiger partial charge in [-0.2, -0.15) is 0 Å². The lowest BCUT2D eigenvalue weighted by Gasteiger charge is -2.28. The van der Waals surface area contributed by atoms with Gasteiger partial charge >= 0.3 is 0 Å². The minimum Gasteiger partial charge on any atom is -0.359 e. The first kappa shape index (κ1) is 10.5. The Morgan fingerprint density at radius 2 is 1.85 bits per heavy atom. The van der Waals surface area contributed by atoms with Gasteiger partial charge in [0.1, 0.15) is 0 Å². The molecule has 1 rings (SSSR count). The second-order valence-electron chi connectivity index (χ2n) is 3.98. The van der Waals surface area contributed by atoms with Gasteiger partial charge in [-0.15, -0.1) is 0 Å². The number of hydrogen-bond acceptors (Lipinski definition) is 2. The van der Waals surface area contributed by atoms with E-state index in [4.69, 9.17) is 5.73 Å². The molecule has 0 saturated heterocycles. The highest BCUT2D eigenvalue weighted by atomic mass is 16.2. The van der Waals surface area contributed by atoms with Crippen LogP contribution >= 0.6 is 0 Å². The van der Waals surface area contributed by atoms with Gasteiger partial charge in [-0.3, -0.25) is 4.79 Å². The molecule has 0 unspecified atom stereocenters. The van der Waals surface area contributed by atoms with Gasteiger partial charge < -0.3 is 11.1 Å². The Balaban J connectivity index is 2.70. The van der Waals surface area contributed by atoms with Gasteiger partial charge in [0.2, 0.25) is 5.91 Å². The number of rotatable bonds is 2. The molecule has 0 aromatic carbocycles. The average molecular weight is 184 g/mol. The van der Waals surface area contributed by atoms with Crippen molar-refractivity contribution in [2.75, 3.05) is 13.6 Å². The van der Waals surface area contributed by atoms with E-state index >= 15 is 0 Å². The standard InChI is InChI=1S/C10H20N2O/c1-12-9(13)10(8-11)6-4-2-3-5-7-10/h2-8,11H2,1H3,(H,12,13). The van der Waals surface area contributed by atoms with E-state index in [2.05, 4.69) is 5.32 Å². The van der Waals surface area contributed by atoms with Crippen LogP contribution in [0.1, 0.15) is 38.5 Å². The quantitative estimate of drug-likeness (QED) is 0.630. The molecular weight excluding hydrogens is 164 g/mol. The predicted molar refractivity (Wildman–Crippen MR) is 53.3 cm³/mol. The van der Waals surface area contributed by atoms with Gasteiger partial charge in [-0.05, 0) is 12.8 Å². The van der Waals surface area contributed by atoms with Crippen LogP contribution in [0.25, 0.3) is 0 Å². The second-order valence-corrected chi connectivity index (χ2v) is 3.98. The van der Waals surface area contributed by atoms with Crippen molar-refractivity contribution in [2.45, 2.75) is 38.5 Å². The zero-order valence-electron chi connectivity index (χ0n) is 8.44. The fourth-order valence-electron chi connectivity index (χ4n) is 2.19. The van der Waals surface area contributed by atoms with Crippen molar-refractivity contribution in [3.05, 3.63) is 0 Å². The molecular formula is C10H20N2O. The summed E-state index contributed by atoms with van der Waals surface area (Å²) >= 11 is 0. The number of nitrogens with one attached hydrogen (secondary N) is 1. The van der Waals surface area contributed by atoms with Crippen molar-refractivity contribution >= 4 is 5.91 Å². The van der Waals surface area contributed by atoms with Crippen LogP contribution in [0.5, 0.6) is 0 Å². The number of amides is 1. The lowest BCUT2D eigenvalue weighted by atomic mass is 9.79. The van der Waals surface area contributed by atoms with E-state index in [9.17, 15) is 4.79 Å². The third-order valence-electron chi connectivity index (χ3n) is 3.16. The summed E-state index contributed by atoms with van der Waals surface area (Å²) in [6, 6.07) is 0. The molecule has 0 radical (unpaired) electrons. The largest absolute Gasteiger partial charge is 0.359 e. The SMILES string of the molecule is CNC(=O)C1(CN)CCCCCC1. The van der Waals surface area contributed by atoms with E-state index in [0.29, 0.717) is 6.54 Å². The molecule has 1 aliphatic carbocycles. The van der Waals surface area contributed by atoms with Crippen molar-refractivity contribution in [1.29, 1.82) is 0 Å². The van der Waals surface area contributed by atoms with Crippen LogP contribution < -0.4 is 11.1 Å². The molecule has 0 aromatic heterocycles. The highest BCUT2D eigenvalue weighted by Gasteiger charge is 2.36. The molecule has 0 atom stereocenters. The third-order valence-corrected chi connectivity index (χ3v) is 3.16. The Morgan fingerprint density at radius 1 is 1.31 bits per heavy atom. The maximum absolute atomic E-state index is 11.7.